The molecule has 5 heteroatoms. The van der Waals surface area contributed by atoms with Gasteiger partial charge in [0.25, 0.3) is 0 Å². The van der Waals surface area contributed by atoms with E-state index in [2.05, 4.69) is 9.97 Å². The van der Waals surface area contributed by atoms with E-state index in [1.807, 2.05) is 6.07 Å². The predicted molar refractivity (Wildman–Crippen MR) is 61.4 cm³/mol. The van der Waals surface area contributed by atoms with Gasteiger partial charge in [0.15, 0.2) is 17.5 Å². The van der Waals surface area contributed by atoms with E-state index in [0.29, 0.717) is 11.4 Å². The van der Waals surface area contributed by atoms with Gasteiger partial charge in [-0.1, -0.05) is 30.3 Å². The molecule has 1 heterocycles. The number of fused-ring (bicyclic) bond motifs is 1. The molecule has 3 rings (SSSR count). The van der Waals surface area contributed by atoms with Crippen LogP contribution in [0.1, 0.15) is 0 Å². The minimum absolute atomic E-state index is 0.130. The van der Waals surface area contributed by atoms with Crippen molar-refractivity contribution in [3.63, 3.8) is 0 Å². The molecule has 0 aliphatic carbocycles. The van der Waals surface area contributed by atoms with Crippen LogP contribution in [0.2, 0.25) is 0 Å². The summed E-state index contributed by atoms with van der Waals surface area (Å²) < 4.78 is 39.6. The quantitative estimate of drug-likeness (QED) is 0.654. The number of halogens is 3. The average molecular weight is 248 g/mol. The highest BCUT2D eigenvalue weighted by Gasteiger charge is 2.17. The lowest BCUT2D eigenvalue weighted by atomic mass is 10.2. The van der Waals surface area contributed by atoms with Gasteiger partial charge in [-0.2, -0.15) is 0 Å². The fourth-order valence-electron chi connectivity index (χ4n) is 1.79. The lowest BCUT2D eigenvalue weighted by Gasteiger charge is -1.94. The molecule has 0 radical (unpaired) electrons. The van der Waals surface area contributed by atoms with Crippen LogP contribution in [0.5, 0.6) is 0 Å². The summed E-state index contributed by atoms with van der Waals surface area (Å²) in [4.78, 5) is 6.71. The van der Waals surface area contributed by atoms with Crippen LogP contribution in [0, 0.1) is 17.5 Å². The van der Waals surface area contributed by atoms with Crippen LogP contribution in [0.15, 0.2) is 36.4 Å². The molecule has 0 fully saturated rings. The number of benzene rings is 2. The Balaban J connectivity index is 2.27. The second kappa shape index (κ2) is 3.87. The normalized spacial score (nSPS) is 11.1. The van der Waals surface area contributed by atoms with Crippen LogP contribution in [0.4, 0.5) is 13.2 Å². The molecule has 90 valence electrons. The Kier molecular flexibility index (Phi) is 2.33. The summed E-state index contributed by atoms with van der Waals surface area (Å²) in [6, 6.07) is 9.84. The van der Waals surface area contributed by atoms with E-state index in [1.165, 1.54) is 0 Å². The van der Waals surface area contributed by atoms with Gasteiger partial charge in [-0.15, -0.1) is 0 Å². The van der Waals surface area contributed by atoms with Gasteiger partial charge in [0.1, 0.15) is 11.3 Å². The Morgan fingerprint density at radius 1 is 0.944 bits per heavy atom. The fourth-order valence-corrected chi connectivity index (χ4v) is 1.79. The van der Waals surface area contributed by atoms with E-state index in [9.17, 15) is 13.2 Å². The molecule has 18 heavy (non-hydrogen) atoms. The molecule has 0 amide bonds. The molecule has 2 aromatic carbocycles. The highest BCUT2D eigenvalue weighted by Crippen LogP contribution is 2.25. The highest BCUT2D eigenvalue weighted by molar-refractivity contribution is 5.80. The second-order valence-corrected chi connectivity index (χ2v) is 3.83. The molecule has 0 bridgehead atoms. The first-order valence-electron chi connectivity index (χ1n) is 5.25. The van der Waals surface area contributed by atoms with Gasteiger partial charge < -0.3 is 4.98 Å². The van der Waals surface area contributed by atoms with E-state index in [4.69, 9.17) is 0 Å². The zero-order valence-corrected chi connectivity index (χ0v) is 9.05. The largest absolute Gasteiger partial charge is 0.338 e. The van der Waals surface area contributed by atoms with E-state index >= 15 is 0 Å². The topological polar surface area (TPSA) is 28.7 Å². The third-order valence-corrected chi connectivity index (χ3v) is 2.66. The number of aromatic nitrogens is 2. The molecule has 0 saturated heterocycles. The maximum absolute atomic E-state index is 13.5. The molecule has 0 saturated carbocycles. The zero-order chi connectivity index (χ0) is 12.7. The number of nitrogens with zero attached hydrogens (tertiary/aromatic N) is 1. The lowest BCUT2D eigenvalue weighted by molar-refractivity contribution is 0.452. The standard InChI is InChI=1S/C13H7F3N2/c14-8-6-9-12(11(16)10(8)15)18-13(17-9)7-4-2-1-3-5-7/h1-6H,(H,17,18). The lowest BCUT2D eigenvalue weighted by Crippen LogP contribution is -1.91. The summed E-state index contributed by atoms with van der Waals surface area (Å²) in [5.74, 6) is -3.64. The van der Waals surface area contributed by atoms with Crippen LogP contribution in [0.3, 0.4) is 0 Å². The fraction of sp³-hybridized carbons (Fsp3) is 0. The van der Waals surface area contributed by atoms with Crippen molar-refractivity contribution < 1.29 is 13.2 Å². The first-order chi connectivity index (χ1) is 8.66. The van der Waals surface area contributed by atoms with Crippen LogP contribution >= 0.6 is 0 Å². The summed E-state index contributed by atoms with van der Waals surface area (Å²) in [6.45, 7) is 0. The minimum Gasteiger partial charge on any atom is -0.338 e. The Morgan fingerprint density at radius 2 is 1.67 bits per heavy atom. The van der Waals surface area contributed by atoms with E-state index in [1.54, 1.807) is 24.3 Å². The van der Waals surface area contributed by atoms with E-state index in [0.717, 1.165) is 6.07 Å². The third-order valence-electron chi connectivity index (χ3n) is 2.66. The minimum atomic E-state index is -1.51. The van der Waals surface area contributed by atoms with Gasteiger partial charge in [-0.3, -0.25) is 0 Å². The Labute approximate surface area is 100 Å². The number of hydrogen-bond acceptors (Lipinski definition) is 1. The van der Waals surface area contributed by atoms with Crippen LogP contribution < -0.4 is 0 Å². The van der Waals surface area contributed by atoms with Gasteiger partial charge in [0, 0.05) is 11.6 Å². The Bertz CT molecular complexity index is 720. The van der Waals surface area contributed by atoms with Gasteiger partial charge in [-0.25, -0.2) is 18.2 Å². The van der Waals surface area contributed by atoms with Crippen LogP contribution in [-0.2, 0) is 0 Å². The van der Waals surface area contributed by atoms with Crippen molar-refractivity contribution in [3.05, 3.63) is 53.8 Å². The number of rotatable bonds is 1. The van der Waals surface area contributed by atoms with Crippen molar-refractivity contribution in [2.45, 2.75) is 0 Å². The molecule has 1 N–H and O–H groups in total. The van der Waals surface area contributed by atoms with Crippen LogP contribution in [-0.4, -0.2) is 9.97 Å². The first-order valence-corrected chi connectivity index (χ1v) is 5.25. The van der Waals surface area contributed by atoms with E-state index in [-0.39, 0.29) is 11.0 Å². The average Bonchev–Trinajstić information content (AvgIpc) is 2.81. The number of nitrogens with one attached hydrogen (secondary N) is 1. The maximum Gasteiger partial charge on any atom is 0.196 e. The number of aromatic amines is 1. The summed E-state index contributed by atoms with van der Waals surface area (Å²) in [6.07, 6.45) is 0. The molecule has 0 aliphatic heterocycles. The molecule has 0 atom stereocenters. The zero-order valence-electron chi connectivity index (χ0n) is 9.05. The maximum atomic E-state index is 13.5. The molecule has 0 unspecified atom stereocenters. The Hall–Kier alpha value is -2.30. The van der Waals surface area contributed by atoms with Gasteiger partial charge in [0.2, 0.25) is 0 Å². The summed E-state index contributed by atoms with van der Waals surface area (Å²) in [5, 5.41) is 0. The smallest absolute Gasteiger partial charge is 0.196 e. The van der Waals surface area contributed by atoms with Gasteiger partial charge in [0.05, 0.1) is 5.52 Å². The number of H-pyrrole nitrogens is 1. The molecule has 3 aromatic rings. The highest BCUT2D eigenvalue weighted by atomic mass is 19.2. The Morgan fingerprint density at radius 3 is 2.39 bits per heavy atom. The van der Waals surface area contributed by atoms with Crippen molar-refractivity contribution in [2.75, 3.05) is 0 Å². The molecular formula is C13H7F3N2. The molecule has 1 aromatic heterocycles. The van der Waals surface area contributed by atoms with Crippen molar-refractivity contribution >= 4 is 11.0 Å². The SMILES string of the molecule is Fc1cc2[nH]c(-c3ccccc3)nc2c(F)c1F. The number of hydrogen-bond donors (Lipinski definition) is 1. The van der Waals surface area contributed by atoms with Crippen molar-refractivity contribution in [3.8, 4) is 11.4 Å². The van der Waals surface area contributed by atoms with E-state index < -0.39 is 17.5 Å². The van der Waals surface area contributed by atoms with Crippen LogP contribution in [0.25, 0.3) is 22.4 Å². The molecule has 0 aliphatic rings. The predicted octanol–water partition coefficient (Wildman–Crippen LogP) is 3.65. The van der Waals surface area contributed by atoms with Crippen molar-refractivity contribution in [2.24, 2.45) is 0 Å². The van der Waals surface area contributed by atoms with Crippen molar-refractivity contribution in [1.29, 1.82) is 0 Å². The molecular weight excluding hydrogens is 241 g/mol. The van der Waals surface area contributed by atoms with Gasteiger partial charge >= 0.3 is 0 Å². The second-order valence-electron chi connectivity index (χ2n) is 3.83. The monoisotopic (exact) mass is 248 g/mol. The molecule has 2 nitrogen and oxygen atoms in total. The molecule has 0 spiro atoms. The summed E-state index contributed by atoms with van der Waals surface area (Å²) in [5.41, 5.74) is 0.645. The van der Waals surface area contributed by atoms with Gasteiger partial charge in [-0.05, 0) is 0 Å². The summed E-state index contributed by atoms with van der Waals surface area (Å²) >= 11 is 0. The first kappa shape index (κ1) is 10.8. The third kappa shape index (κ3) is 1.55. The number of imidazole rings is 1. The summed E-state index contributed by atoms with van der Waals surface area (Å²) in [7, 11) is 0. The van der Waals surface area contributed by atoms with Crippen molar-refractivity contribution in [1.82, 2.24) is 9.97 Å².